The number of hydrazone groups is 1. The molecule has 0 spiro atoms. The number of rotatable bonds is 4. The maximum atomic E-state index is 11.7. The number of nitrogens with one attached hydrogen (secondary N) is 2. The minimum Gasteiger partial charge on any atom is -0.347 e. The van der Waals surface area contributed by atoms with Gasteiger partial charge in [0, 0.05) is 25.3 Å². The molecule has 5 heteroatoms. The lowest BCUT2D eigenvalue weighted by Gasteiger charge is -2.16. The van der Waals surface area contributed by atoms with Crippen molar-refractivity contribution in [3.63, 3.8) is 0 Å². The van der Waals surface area contributed by atoms with Crippen LogP contribution >= 0.6 is 0 Å². The molecule has 0 aromatic heterocycles. The standard InChI is InChI=1S/C11H15N3O2/c1-3-5-8(4-2)12-11(16)9-6-7-10(15)14-13-9/h1,8H,4-7H2,2H3,(H,12,16)(H,14,15). The molecule has 0 fully saturated rings. The third-order valence-corrected chi connectivity index (χ3v) is 2.36. The first-order valence-corrected chi connectivity index (χ1v) is 5.27. The SMILES string of the molecule is C#CCC(CC)NC(=O)C1=NNC(=O)CC1. The molecule has 0 aromatic rings. The third kappa shape index (κ3) is 3.39. The fourth-order valence-corrected chi connectivity index (χ4v) is 1.35. The topological polar surface area (TPSA) is 70.6 Å². The summed E-state index contributed by atoms with van der Waals surface area (Å²) >= 11 is 0. The molecule has 0 radical (unpaired) electrons. The zero-order valence-corrected chi connectivity index (χ0v) is 9.25. The van der Waals surface area contributed by atoms with Crippen molar-refractivity contribution in [2.24, 2.45) is 5.10 Å². The predicted octanol–water partition coefficient (Wildman–Crippen LogP) is 0.170. The Kier molecular flexibility index (Phi) is 4.52. The van der Waals surface area contributed by atoms with Crippen molar-refractivity contribution in [1.82, 2.24) is 10.7 Å². The summed E-state index contributed by atoms with van der Waals surface area (Å²) in [7, 11) is 0. The molecule has 1 atom stereocenters. The van der Waals surface area contributed by atoms with E-state index in [-0.39, 0.29) is 17.9 Å². The zero-order chi connectivity index (χ0) is 12.0. The van der Waals surface area contributed by atoms with Gasteiger partial charge in [0.2, 0.25) is 5.91 Å². The summed E-state index contributed by atoms with van der Waals surface area (Å²) in [6, 6.07) is -0.0298. The van der Waals surface area contributed by atoms with Crippen molar-refractivity contribution in [2.45, 2.75) is 38.6 Å². The molecule has 1 unspecified atom stereocenters. The van der Waals surface area contributed by atoms with Crippen molar-refractivity contribution in [1.29, 1.82) is 0 Å². The van der Waals surface area contributed by atoms with E-state index in [1.54, 1.807) is 0 Å². The lowest BCUT2D eigenvalue weighted by atomic mass is 10.1. The van der Waals surface area contributed by atoms with Gasteiger partial charge in [0.25, 0.3) is 5.91 Å². The van der Waals surface area contributed by atoms with E-state index < -0.39 is 0 Å². The van der Waals surface area contributed by atoms with Crippen LogP contribution in [-0.2, 0) is 9.59 Å². The average Bonchev–Trinajstić information content (AvgIpc) is 2.29. The van der Waals surface area contributed by atoms with Crippen molar-refractivity contribution in [3.05, 3.63) is 0 Å². The van der Waals surface area contributed by atoms with Crippen LogP contribution in [0.4, 0.5) is 0 Å². The van der Waals surface area contributed by atoms with E-state index in [0.29, 0.717) is 25.0 Å². The molecular formula is C11H15N3O2. The van der Waals surface area contributed by atoms with E-state index in [9.17, 15) is 9.59 Å². The second kappa shape index (κ2) is 5.91. The van der Waals surface area contributed by atoms with Crippen LogP contribution in [0.2, 0.25) is 0 Å². The highest BCUT2D eigenvalue weighted by molar-refractivity contribution is 6.39. The Bertz CT molecular complexity index is 355. The van der Waals surface area contributed by atoms with Gasteiger partial charge in [-0.1, -0.05) is 6.92 Å². The molecule has 1 aliphatic heterocycles. The number of carbonyl (C=O) groups excluding carboxylic acids is 2. The number of nitrogens with zero attached hydrogens (tertiary/aromatic N) is 1. The first kappa shape index (κ1) is 12.2. The molecule has 86 valence electrons. The Morgan fingerprint density at radius 2 is 2.44 bits per heavy atom. The van der Waals surface area contributed by atoms with Crippen LogP contribution in [-0.4, -0.2) is 23.6 Å². The number of terminal acetylenes is 1. The fourth-order valence-electron chi connectivity index (χ4n) is 1.35. The molecule has 0 aromatic carbocycles. The van der Waals surface area contributed by atoms with Crippen LogP contribution in [0.1, 0.15) is 32.6 Å². The molecule has 5 nitrogen and oxygen atoms in total. The van der Waals surface area contributed by atoms with Gasteiger partial charge >= 0.3 is 0 Å². The quantitative estimate of drug-likeness (QED) is 0.664. The number of carbonyl (C=O) groups is 2. The minimum absolute atomic E-state index is 0.0298. The van der Waals surface area contributed by atoms with Gasteiger partial charge in [-0.15, -0.1) is 12.3 Å². The Morgan fingerprint density at radius 1 is 1.69 bits per heavy atom. The van der Waals surface area contributed by atoms with E-state index in [0.717, 1.165) is 6.42 Å². The van der Waals surface area contributed by atoms with Crippen LogP contribution in [0.5, 0.6) is 0 Å². The second-order valence-corrected chi connectivity index (χ2v) is 3.58. The lowest BCUT2D eigenvalue weighted by molar-refractivity contribution is -0.121. The summed E-state index contributed by atoms with van der Waals surface area (Å²) in [5.74, 6) is 2.10. The van der Waals surface area contributed by atoms with Gasteiger partial charge in [0.1, 0.15) is 5.71 Å². The van der Waals surface area contributed by atoms with Crippen LogP contribution in [0.3, 0.4) is 0 Å². The number of hydrogen-bond donors (Lipinski definition) is 2. The van der Waals surface area contributed by atoms with Gasteiger partial charge in [-0.25, -0.2) is 5.43 Å². The molecule has 1 aliphatic rings. The lowest BCUT2D eigenvalue weighted by Crippen LogP contribution is -2.41. The second-order valence-electron chi connectivity index (χ2n) is 3.58. The van der Waals surface area contributed by atoms with Crippen molar-refractivity contribution < 1.29 is 9.59 Å². The van der Waals surface area contributed by atoms with Crippen molar-refractivity contribution in [3.8, 4) is 12.3 Å². The smallest absolute Gasteiger partial charge is 0.267 e. The summed E-state index contributed by atoms with van der Waals surface area (Å²) < 4.78 is 0. The van der Waals surface area contributed by atoms with E-state index in [1.807, 2.05) is 6.92 Å². The normalized spacial score (nSPS) is 16.8. The van der Waals surface area contributed by atoms with E-state index in [2.05, 4.69) is 21.8 Å². The largest absolute Gasteiger partial charge is 0.347 e. The summed E-state index contributed by atoms with van der Waals surface area (Å²) in [6.07, 6.45) is 7.15. The highest BCUT2D eigenvalue weighted by atomic mass is 16.2. The van der Waals surface area contributed by atoms with E-state index in [1.165, 1.54) is 0 Å². The van der Waals surface area contributed by atoms with Gasteiger partial charge in [-0.05, 0) is 6.42 Å². The van der Waals surface area contributed by atoms with Crippen molar-refractivity contribution in [2.75, 3.05) is 0 Å². The monoisotopic (exact) mass is 221 g/mol. The molecular weight excluding hydrogens is 206 g/mol. The first-order valence-electron chi connectivity index (χ1n) is 5.27. The third-order valence-electron chi connectivity index (χ3n) is 2.36. The molecule has 0 saturated carbocycles. The zero-order valence-electron chi connectivity index (χ0n) is 9.25. The van der Waals surface area contributed by atoms with Gasteiger partial charge in [-0.3, -0.25) is 9.59 Å². The van der Waals surface area contributed by atoms with Crippen molar-refractivity contribution >= 4 is 17.5 Å². The fraction of sp³-hybridized carbons (Fsp3) is 0.545. The maximum Gasteiger partial charge on any atom is 0.267 e. The molecule has 1 rings (SSSR count). The summed E-state index contributed by atoms with van der Waals surface area (Å²) in [4.78, 5) is 22.5. The number of hydrogen-bond acceptors (Lipinski definition) is 3. The van der Waals surface area contributed by atoms with E-state index in [4.69, 9.17) is 6.42 Å². The summed E-state index contributed by atoms with van der Waals surface area (Å²) in [6.45, 7) is 1.95. The molecule has 2 amide bonds. The Morgan fingerprint density at radius 3 is 2.94 bits per heavy atom. The van der Waals surface area contributed by atoms with Gasteiger partial charge < -0.3 is 5.32 Å². The highest BCUT2D eigenvalue weighted by Crippen LogP contribution is 2.02. The minimum atomic E-state index is -0.248. The van der Waals surface area contributed by atoms with Gasteiger partial charge in [0.05, 0.1) is 0 Å². The van der Waals surface area contributed by atoms with Crippen LogP contribution < -0.4 is 10.7 Å². The average molecular weight is 221 g/mol. The van der Waals surface area contributed by atoms with Crippen LogP contribution in [0.25, 0.3) is 0 Å². The Labute approximate surface area is 94.7 Å². The van der Waals surface area contributed by atoms with Gasteiger partial charge in [0.15, 0.2) is 0 Å². The Hall–Kier alpha value is -1.83. The van der Waals surface area contributed by atoms with Gasteiger partial charge in [-0.2, -0.15) is 5.10 Å². The highest BCUT2D eigenvalue weighted by Gasteiger charge is 2.19. The predicted molar refractivity (Wildman–Crippen MR) is 60.5 cm³/mol. The summed E-state index contributed by atoms with van der Waals surface area (Å²) in [5.41, 5.74) is 2.64. The molecule has 16 heavy (non-hydrogen) atoms. The van der Waals surface area contributed by atoms with E-state index >= 15 is 0 Å². The molecule has 1 heterocycles. The first-order chi connectivity index (χ1) is 7.67. The Balaban J connectivity index is 2.52. The van der Waals surface area contributed by atoms with Crippen LogP contribution in [0.15, 0.2) is 5.10 Å². The molecule has 0 saturated heterocycles. The molecule has 0 aliphatic carbocycles. The summed E-state index contributed by atoms with van der Waals surface area (Å²) in [5, 5.41) is 6.50. The molecule has 0 bridgehead atoms. The van der Waals surface area contributed by atoms with Crippen LogP contribution in [0, 0.1) is 12.3 Å². The molecule has 2 N–H and O–H groups in total. The number of amides is 2. The maximum absolute atomic E-state index is 11.7.